The maximum absolute atomic E-state index is 14.0. The van der Waals surface area contributed by atoms with Crippen molar-refractivity contribution in [1.82, 2.24) is 4.31 Å². The molecule has 0 saturated carbocycles. The minimum absolute atomic E-state index is 1.75. The predicted octanol–water partition coefficient (Wildman–Crippen LogP) is 5.98. The maximum Gasteiger partial charge on any atom is 0.460 e. The molecule has 0 aliphatic rings. The number of carboxylic acids is 1. The van der Waals surface area contributed by atoms with Gasteiger partial charge in [0.15, 0.2) is 5.83 Å². The Bertz CT molecular complexity index is 1320. The predicted molar refractivity (Wildman–Crippen MR) is 86.5 cm³/mol. The van der Waals surface area contributed by atoms with Gasteiger partial charge in [0, 0.05) is 7.05 Å². The molecule has 31 heteroatoms. The van der Waals surface area contributed by atoms with E-state index in [-0.39, 0.29) is 0 Å². The summed E-state index contributed by atoms with van der Waals surface area (Å²) in [7, 11) is -11.1. The van der Waals surface area contributed by atoms with Crippen LogP contribution in [-0.2, 0) is 14.8 Å². The van der Waals surface area contributed by atoms with E-state index >= 15 is 0 Å². The van der Waals surface area contributed by atoms with E-state index in [1.807, 2.05) is 0 Å². The first-order valence-corrected chi connectivity index (χ1v) is 11.0. The van der Waals surface area contributed by atoms with Gasteiger partial charge in [0.25, 0.3) is 10.0 Å². The van der Waals surface area contributed by atoms with Gasteiger partial charge in [-0.15, -0.1) is 4.31 Å². The molecule has 0 aromatic rings. The normalized spacial score (nSPS) is 16.9. The number of aliphatic carboxylic acids is 1. The van der Waals surface area contributed by atoms with E-state index < -0.39 is 104 Å². The molecule has 5 nitrogen and oxygen atoms in total. The summed E-state index contributed by atoms with van der Waals surface area (Å²) in [6.45, 7) is 0. The summed E-state index contributed by atoms with van der Waals surface area (Å²) in [5, 5.41) is 1.34. The number of halogens is 25. The lowest BCUT2D eigenvalue weighted by atomic mass is 9.91. The zero-order valence-electron chi connectivity index (χ0n) is 19.9. The van der Waals surface area contributed by atoms with Crippen molar-refractivity contribution >= 4 is 16.0 Å². The van der Waals surface area contributed by atoms with Gasteiger partial charge < -0.3 is 9.90 Å². The van der Waals surface area contributed by atoms with Gasteiger partial charge in [-0.2, -0.15) is 105 Å². The molecule has 0 fully saturated rings. The van der Waals surface area contributed by atoms with Crippen molar-refractivity contribution in [1.29, 1.82) is 0 Å². The number of hydrogen-bond donors (Lipinski definition) is 0. The van der Waals surface area contributed by atoms with Gasteiger partial charge in [0.1, 0.15) is 5.57 Å². The molecule has 0 heterocycles. The molecule has 0 bridgehead atoms. The molecule has 0 amide bonds. The minimum Gasteiger partial charge on any atom is -0.545 e. The van der Waals surface area contributed by atoms with Gasteiger partial charge in [0.05, 0.1) is 5.97 Å². The number of nitrogens with zero attached hydrogens (tertiary/aromatic N) is 1. The molecule has 0 aromatic heterocycles. The Balaban J connectivity index is 7.50. The highest BCUT2D eigenvalue weighted by atomic mass is 32.2. The zero-order chi connectivity index (χ0) is 38.3. The fraction of sp³-hybridized carbons (Fsp3) is 0.800. The Labute approximate surface area is 233 Å². The van der Waals surface area contributed by atoms with E-state index in [1.54, 1.807) is 0 Å². The van der Waals surface area contributed by atoms with Gasteiger partial charge in [-0.1, -0.05) is 0 Å². The van der Waals surface area contributed by atoms with Gasteiger partial charge in [-0.3, -0.25) is 0 Å². The lowest BCUT2D eigenvalue weighted by Crippen LogP contribution is -2.75. The van der Waals surface area contributed by atoms with Crippen molar-refractivity contribution in [2.24, 2.45) is 0 Å². The fourth-order valence-electron chi connectivity index (χ4n) is 2.45. The number of carbonyl (C=O) groups excluding carboxylic acids is 1. The van der Waals surface area contributed by atoms with Crippen LogP contribution in [0.3, 0.4) is 0 Å². The smallest absolute Gasteiger partial charge is 0.460 e. The van der Waals surface area contributed by atoms with E-state index in [9.17, 15) is 128 Å². The van der Waals surface area contributed by atoms with Crippen LogP contribution in [0.2, 0.25) is 0 Å². The van der Waals surface area contributed by atoms with Crippen LogP contribution in [0.25, 0.3) is 0 Å². The Kier molecular flexibility index (Phi) is 10.3. The van der Waals surface area contributed by atoms with E-state index in [2.05, 4.69) is 0 Å². The van der Waals surface area contributed by atoms with Crippen molar-refractivity contribution in [3.8, 4) is 0 Å². The summed E-state index contributed by atoms with van der Waals surface area (Å²) < 4.78 is 351. The van der Waals surface area contributed by atoms with E-state index in [0.29, 0.717) is 0 Å². The minimum atomic E-state index is -9.48. The lowest BCUT2D eigenvalue weighted by molar-refractivity contribution is -0.458. The highest BCUT2D eigenvalue weighted by Gasteiger charge is 2.96. The van der Waals surface area contributed by atoms with Gasteiger partial charge in [-0.05, 0) is 0 Å². The van der Waals surface area contributed by atoms with Gasteiger partial charge in [0.2, 0.25) is 0 Å². The second-order valence-corrected chi connectivity index (χ2v) is 10.0. The third-order valence-corrected chi connectivity index (χ3v) is 6.99. The number of rotatable bonds is 12. The monoisotopic (exact) mass is 768 g/mol. The van der Waals surface area contributed by atoms with Crippen molar-refractivity contribution in [3.63, 3.8) is 0 Å². The molecule has 0 unspecified atom stereocenters. The average molecular weight is 768 g/mol. The second-order valence-electron chi connectivity index (χ2n) is 8.02. The Hall–Kier alpha value is -2.63. The van der Waals surface area contributed by atoms with Crippen LogP contribution < -0.4 is 5.11 Å². The van der Waals surface area contributed by atoms with Crippen LogP contribution in [0.4, 0.5) is 110 Å². The molecule has 0 radical (unpaired) electrons. The van der Waals surface area contributed by atoms with Crippen molar-refractivity contribution in [2.45, 2.75) is 65.1 Å². The topological polar surface area (TPSA) is 77.5 Å². The largest absolute Gasteiger partial charge is 0.545 e. The number of alkyl halides is 24. The number of sulfonamides is 1. The molecule has 46 heavy (non-hydrogen) atoms. The maximum atomic E-state index is 14.0. The number of hydrogen-bond acceptors (Lipinski definition) is 4. The summed E-state index contributed by atoms with van der Waals surface area (Å²) in [5.41, 5.74) is -4.54. The molecule has 274 valence electrons. The van der Waals surface area contributed by atoms with E-state index in [4.69, 9.17) is 0 Å². The standard InChI is InChI=1S/C15H4F25NO4S/c1-41(14(37,38)5(17,18)3(16)2(4(42)43)6(19,20)21)46(44,45)15(39,40)12(32,33)10(28,29)8(24,25)7(22,23)9(26,27)11(30,31)13(34,35)36/h1H3,(H,42,43)/p-1. The first-order chi connectivity index (χ1) is 19.4. The third kappa shape index (κ3) is 5.53. The Morgan fingerprint density at radius 1 is 0.543 bits per heavy atom. The van der Waals surface area contributed by atoms with Gasteiger partial charge >= 0.3 is 65.1 Å². The molecular weight excluding hydrogens is 765 g/mol. The van der Waals surface area contributed by atoms with Crippen LogP contribution in [0.1, 0.15) is 0 Å². The first-order valence-electron chi connectivity index (χ1n) is 9.52. The molecule has 0 atom stereocenters. The van der Waals surface area contributed by atoms with Crippen LogP contribution in [0.15, 0.2) is 11.4 Å². The highest BCUT2D eigenvalue weighted by molar-refractivity contribution is 7.90. The molecule has 0 N–H and O–H groups in total. The van der Waals surface area contributed by atoms with Crippen molar-refractivity contribution in [2.75, 3.05) is 7.05 Å². The van der Waals surface area contributed by atoms with Crippen LogP contribution >= 0.6 is 0 Å². The van der Waals surface area contributed by atoms with Crippen LogP contribution in [0, 0.1) is 0 Å². The average Bonchev–Trinajstić information content (AvgIpc) is 2.80. The molecule has 0 aliphatic carbocycles. The SMILES string of the molecule is CN(C(F)(F)C(F)(F)C(F)=C(C(=O)[O-])C(F)(F)F)S(=O)(=O)C(F)(F)C(F)(F)C(F)(F)C(F)(F)C(F)(F)C(F)(F)C(F)(F)C(F)(F)F. The molecule has 0 aliphatic heterocycles. The highest BCUT2D eigenvalue weighted by Crippen LogP contribution is 2.65. The summed E-state index contributed by atoms with van der Waals surface area (Å²) >= 11 is 0. The zero-order valence-corrected chi connectivity index (χ0v) is 20.8. The molecule has 0 aromatic carbocycles. The molecule has 0 rings (SSSR count). The summed E-state index contributed by atoms with van der Waals surface area (Å²) in [5.74, 6) is -72.6. The van der Waals surface area contributed by atoms with Crippen LogP contribution in [0.5, 0.6) is 0 Å². The number of carboxylic acid groups (broad SMARTS) is 1. The third-order valence-electron chi connectivity index (χ3n) is 5.13. The number of carbonyl (C=O) groups is 1. The summed E-state index contributed by atoms with van der Waals surface area (Å²) in [6, 6.07) is -7.93. The van der Waals surface area contributed by atoms with Crippen molar-refractivity contribution < 1.29 is 128 Å². The fourth-order valence-corrected chi connectivity index (χ4v) is 3.66. The summed E-state index contributed by atoms with van der Waals surface area (Å²) in [6.07, 6.45) is -15.3. The first kappa shape index (κ1) is 43.4. The van der Waals surface area contributed by atoms with Crippen molar-refractivity contribution in [3.05, 3.63) is 11.4 Å². The lowest BCUT2D eigenvalue weighted by Gasteiger charge is -2.43. The van der Waals surface area contributed by atoms with Gasteiger partial charge in [-0.25, -0.2) is 12.8 Å². The molecule has 0 saturated heterocycles. The van der Waals surface area contributed by atoms with Crippen LogP contribution in [-0.4, -0.2) is 90.9 Å². The van der Waals surface area contributed by atoms with E-state index in [0.717, 1.165) is 0 Å². The molecule has 0 spiro atoms. The molecular formula is C15H3F25NO4S-. The van der Waals surface area contributed by atoms with E-state index in [1.165, 1.54) is 0 Å². The quantitative estimate of drug-likeness (QED) is 0.139. The second kappa shape index (κ2) is 11.0. The Morgan fingerprint density at radius 2 is 0.826 bits per heavy atom. The summed E-state index contributed by atoms with van der Waals surface area (Å²) in [4.78, 5) is 10.3. The Morgan fingerprint density at radius 3 is 1.09 bits per heavy atom.